The van der Waals surface area contributed by atoms with Gasteiger partial charge in [0.15, 0.2) is 0 Å². The minimum atomic E-state index is 0.270. The van der Waals surface area contributed by atoms with Crippen LogP contribution in [0, 0.1) is 0 Å². The number of benzene rings is 1. The van der Waals surface area contributed by atoms with E-state index in [0.29, 0.717) is 11.8 Å². The van der Waals surface area contributed by atoms with E-state index in [1.807, 2.05) is 18.2 Å². The van der Waals surface area contributed by atoms with Crippen LogP contribution >= 0.6 is 0 Å². The Morgan fingerprint density at radius 2 is 2.20 bits per heavy atom. The van der Waals surface area contributed by atoms with Crippen LogP contribution in [0.1, 0.15) is 24.4 Å². The predicted octanol–water partition coefficient (Wildman–Crippen LogP) is 1.83. The molecule has 1 heterocycles. The second-order valence-electron chi connectivity index (χ2n) is 4.01. The molecule has 1 saturated heterocycles. The van der Waals surface area contributed by atoms with Gasteiger partial charge < -0.3 is 15.2 Å². The lowest BCUT2D eigenvalue weighted by molar-refractivity contribution is 0.171. The van der Waals surface area contributed by atoms with E-state index in [1.54, 1.807) is 13.2 Å². The van der Waals surface area contributed by atoms with Gasteiger partial charge in [0, 0.05) is 24.8 Å². The molecular weight excluding hydrogens is 190 g/mol. The predicted molar refractivity (Wildman–Crippen MR) is 58.9 cm³/mol. The average molecular weight is 207 g/mol. The first-order valence-electron chi connectivity index (χ1n) is 5.34. The standard InChI is InChI=1S/C12H17NO2/c1-15-8-9-6-7-11(13-9)10-4-2-3-5-12(10)14/h2-5,9,11,13-14H,6-8H2,1H3. The molecule has 0 amide bonds. The van der Waals surface area contributed by atoms with Gasteiger partial charge in [0.05, 0.1) is 6.61 Å². The van der Waals surface area contributed by atoms with E-state index in [1.165, 1.54) is 0 Å². The number of nitrogens with one attached hydrogen (secondary N) is 1. The van der Waals surface area contributed by atoms with Crippen molar-refractivity contribution in [1.29, 1.82) is 0 Å². The van der Waals surface area contributed by atoms with E-state index < -0.39 is 0 Å². The second-order valence-corrected chi connectivity index (χ2v) is 4.01. The number of rotatable bonds is 3. The van der Waals surface area contributed by atoms with Gasteiger partial charge in [-0.05, 0) is 18.9 Å². The molecule has 0 aromatic heterocycles. The highest BCUT2D eigenvalue weighted by Gasteiger charge is 2.25. The van der Waals surface area contributed by atoms with E-state index in [2.05, 4.69) is 5.32 Å². The Morgan fingerprint density at radius 1 is 1.40 bits per heavy atom. The third kappa shape index (κ3) is 2.30. The van der Waals surface area contributed by atoms with Crippen LogP contribution in [0.5, 0.6) is 5.75 Å². The Hall–Kier alpha value is -1.06. The number of phenolic OH excluding ortho intramolecular Hbond substituents is 1. The van der Waals surface area contributed by atoms with Crippen molar-refractivity contribution in [3.8, 4) is 5.75 Å². The lowest BCUT2D eigenvalue weighted by Gasteiger charge is -2.15. The summed E-state index contributed by atoms with van der Waals surface area (Å²) >= 11 is 0. The Kier molecular flexibility index (Phi) is 3.23. The highest BCUT2D eigenvalue weighted by Crippen LogP contribution is 2.31. The lowest BCUT2D eigenvalue weighted by Crippen LogP contribution is -2.28. The molecule has 2 unspecified atom stereocenters. The summed E-state index contributed by atoms with van der Waals surface area (Å²) in [4.78, 5) is 0. The van der Waals surface area contributed by atoms with Crippen molar-refractivity contribution in [2.75, 3.05) is 13.7 Å². The van der Waals surface area contributed by atoms with Crippen molar-refractivity contribution in [1.82, 2.24) is 5.32 Å². The third-order valence-corrected chi connectivity index (χ3v) is 2.92. The Morgan fingerprint density at radius 3 is 2.93 bits per heavy atom. The van der Waals surface area contributed by atoms with Crippen LogP contribution in [0.25, 0.3) is 0 Å². The zero-order valence-electron chi connectivity index (χ0n) is 8.94. The number of ether oxygens (including phenoxy) is 1. The topological polar surface area (TPSA) is 41.5 Å². The largest absolute Gasteiger partial charge is 0.508 e. The Labute approximate surface area is 90.1 Å². The molecular formula is C12H17NO2. The molecule has 3 heteroatoms. The smallest absolute Gasteiger partial charge is 0.120 e. The normalized spacial score (nSPS) is 25.7. The molecule has 2 rings (SSSR count). The fourth-order valence-electron chi connectivity index (χ4n) is 2.18. The number of aromatic hydroxyl groups is 1. The summed E-state index contributed by atoms with van der Waals surface area (Å²) in [5.41, 5.74) is 0.996. The van der Waals surface area contributed by atoms with Gasteiger partial charge in [-0.15, -0.1) is 0 Å². The van der Waals surface area contributed by atoms with Crippen LogP contribution < -0.4 is 5.32 Å². The van der Waals surface area contributed by atoms with Gasteiger partial charge in [-0.1, -0.05) is 18.2 Å². The molecule has 2 N–H and O–H groups in total. The van der Waals surface area contributed by atoms with Gasteiger partial charge >= 0.3 is 0 Å². The van der Waals surface area contributed by atoms with E-state index in [-0.39, 0.29) is 6.04 Å². The number of hydrogen-bond acceptors (Lipinski definition) is 3. The third-order valence-electron chi connectivity index (χ3n) is 2.92. The highest BCUT2D eigenvalue weighted by atomic mass is 16.5. The summed E-state index contributed by atoms with van der Waals surface area (Å²) in [5, 5.41) is 13.2. The highest BCUT2D eigenvalue weighted by molar-refractivity contribution is 5.35. The zero-order chi connectivity index (χ0) is 10.7. The van der Waals surface area contributed by atoms with Crippen molar-refractivity contribution in [2.45, 2.75) is 24.9 Å². The lowest BCUT2D eigenvalue weighted by atomic mass is 10.0. The fourth-order valence-corrected chi connectivity index (χ4v) is 2.18. The first kappa shape index (κ1) is 10.5. The van der Waals surface area contributed by atoms with Crippen molar-refractivity contribution >= 4 is 0 Å². The molecule has 0 radical (unpaired) electrons. The van der Waals surface area contributed by atoms with Gasteiger partial charge in [-0.3, -0.25) is 0 Å². The quantitative estimate of drug-likeness (QED) is 0.794. The van der Waals surface area contributed by atoms with Crippen LogP contribution in [0.2, 0.25) is 0 Å². The second kappa shape index (κ2) is 4.64. The number of phenols is 1. The van der Waals surface area contributed by atoms with Crippen molar-refractivity contribution in [2.24, 2.45) is 0 Å². The first-order chi connectivity index (χ1) is 7.31. The summed E-state index contributed by atoms with van der Waals surface area (Å²) < 4.78 is 5.12. The fraction of sp³-hybridized carbons (Fsp3) is 0.500. The molecule has 82 valence electrons. The van der Waals surface area contributed by atoms with Gasteiger partial charge in [-0.25, -0.2) is 0 Å². The van der Waals surface area contributed by atoms with E-state index in [9.17, 15) is 5.11 Å². The molecule has 0 aliphatic carbocycles. The van der Waals surface area contributed by atoms with Gasteiger partial charge in [0.25, 0.3) is 0 Å². The summed E-state index contributed by atoms with van der Waals surface area (Å²) in [7, 11) is 1.72. The number of hydrogen-bond donors (Lipinski definition) is 2. The molecule has 2 atom stereocenters. The monoisotopic (exact) mass is 207 g/mol. The molecule has 0 bridgehead atoms. The summed E-state index contributed by atoms with van der Waals surface area (Å²) in [5.74, 6) is 0.382. The van der Waals surface area contributed by atoms with Crippen LogP contribution in [0.3, 0.4) is 0 Å². The van der Waals surface area contributed by atoms with Gasteiger partial charge in [-0.2, -0.15) is 0 Å². The molecule has 1 aromatic rings. The van der Waals surface area contributed by atoms with E-state index >= 15 is 0 Å². The number of para-hydroxylation sites is 1. The molecule has 15 heavy (non-hydrogen) atoms. The summed E-state index contributed by atoms with van der Waals surface area (Å²) in [6, 6.07) is 8.20. The molecule has 1 fully saturated rings. The minimum absolute atomic E-state index is 0.270. The van der Waals surface area contributed by atoms with Crippen molar-refractivity contribution in [3.05, 3.63) is 29.8 Å². The Balaban J connectivity index is 2.04. The average Bonchev–Trinajstić information content (AvgIpc) is 2.68. The van der Waals surface area contributed by atoms with Crippen LogP contribution in [-0.4, -0.2) is 24.9 Å². The molecule has 0 spiro atoms. The van der Waals surface area contributed by atoms with Gasteiger partial charge in [0.2, 0.25) is 0 Å². The zero-order valence-corrected chi connectivity index (χ0v) is 8.94. The SMILES string of the molecule is COCC1CCC(c2ccccc2O)N1. The molecule has 3 nitrogen and oxygen atoms in total. The molecule has 0 saturated carbocycles. The number of methoxy groups -OCH3 is 1. The van der Waals surface area contributed by atoms with Crippen LogP contribution in [-0.2, 0) is 4.74 Å². The molecule has 1 aliphatic rings. The molecule has 1 aliphatic heterocycles. The van der Waals surface area contributed by atoms with Crippen LogP contribution in [0.15, 0.2) is 24.3 Å². The van der Waals surface area contributed by atoms with Gasteiger partial charge in [0.1, 0.15) is 5.75 Å². The van der Waals surface area contributed by atoms with Crippen LogP contribution in [0.4, 0.5) is 0 Å². The van der Waals surface area contributed by atoms with Crippen molar-refractivity contribution < 1.29 is 9.84 Å². The Bertz CT molecular complexity index is 327. The van der Waals surface area contributed by atoms with E-state index in [4.69, 9.17) is 4.74 Å². The van der Waals surface area contributed by atoms with Crippen molar-refractivity contribution in [3.63, 3.8) is 0 Å². The maximum atomic E-state index is 9.72. The minimum Gasteiger partial charge on any atom is -0.508 e. The summed E-state index contributed by atoms with van der Waals surface area (Å²) in [6.45, 7) is 0.740. The maximum Gasteiger partial charge on any atom is 0.120 e. The maximum absolute atomic E-state index is 9.72. The summed E-state index contributed by atoms with van der Waals surface area (Å²) in [6.07, 6.45) is 2.17. The molecule has 1 aromatic carbocycles. The van der Waals surface area contributed by atoms with E-state index in [0.717, 1.165) is 25.0 Å². The first-order valence-corrected chi connectivity index (χ1v) is 5.34.